The number of nitrogens with one attached hydrogen (secondary N) is 1. The van der Waals surface area contributed by atoms with E-state index in [0.29, 0.717) is 12.1 Å². The molecular formula is C7H14ClNO2. The molecule has 3 nitrogen and oxygen atoms in total. The van der Waals surface area contributed by atoms with Crippen molar-refractivity contribution in [3.8, 4) is 0 Å². The number of hydrogen-bond acceptors (Lipinski definition) is 3. The van der Waals surface area contributed by atoms with Gasteiger partial charge in [-0.2, -0.15) is 0 Å². The highest BCUT2D eigenvalue weighted by Gasteiger charge is 2.37. The van der Waals surface area contributed by atoms with Crippen molar-refractivity contribution in [3.63, 3.8) is 0 Å². The topological polar surface area (TPSA) is 41.5 Å². The summed E-state index contributed by atoms with van der Waals surface area (Å²) in [6.07, 6.45) is 2.49. The van der Waals surface area contributed by atoms with Gasteiger partial charge in [-0.25, -0.2) is 0 Å². The Morgan fingerprint density at radius 3 is 3.00 bits per heavy atom. The summed E-state index contributed by atoms with van der Waals surface area (Å²) in [5, 5.41) is 12.1. The van der Waals surface area contributed by atoms with E-state index in [-0.39, 0.29) is 25.1 Å². The Morgan fingerprint density at radius 2 is 2.36 bits per heavy atom. The molecule has 11 heavy (non-hydrogen) atoms. The fraction of sp³-hybridized carbons (Fsp3) is 1.00. The van der Waals surface area contributed by atoms with Crippen LogP contribution in [0, 0.1) is 0 Å². The van der Waals surface area contributed by atoms with Crippen LogP contribution in [0.2, 0.25) is 0 Å². The minimum absolute atomic E-state index is 0. The molecule has 2 rings (SSSR count). The van der Waals surface area contributed by atoms with Gasteiger partial charge in [-0.15, -0.1) is 12.4 Å². The van der Waals surface area contributed by atoms with Gasteiger partial charge < -0.3 is 15.2 Å². The summed E-state index contributed by atoms with van der Waals surface area (Å²) in [4.78, 5) is 0. The van der Waals surface area contributed by atoms with Crippen LogP contribution in [0.1, 0.15) is 12.8 Å². The predicted octanol–water partition coefficient (Wildman–Crippen LogP) is -0.0801. The summed E-state index contributed by atoms with van der Waals surface area (Å²) in [6, 6.07) is 0.812. The lowest BCUT2D eigenvalue weighted by Crippen LogP contribution is -2.32. The molecule has 2 heterocycles. The first-order chi connectivity index (χ1) is 4.90. The van der Waals surface area contributed by atoms with Gasteiger partial charge >= 0.3 is 0 Å². The van der Waals surface area contributed by atoms with Crippen LogP contribution in [0.15, 0.2) is 0 Å². The second-order valence-corrected chi connectivity index (χ2v) is 3.09. The Labute approximate surface area is 72.5 Å². The largest absolute Gasteiger partial charge is 0.395 e. The number of rotatable bonds is 1. The number of aliphatic hydroxyl groups excluding tert-OH is 1. The first-order valence-corrected chi connectivity index (χ1v) is 3.88. The Kier molecular flexibility index (Phi) is 3.13. The van der Waals surface area contributed by atoms with E-state index in [1.165, 1.54) is 0 Å². The molecular weight excluding hydrogens is 166 g/mol. The fourth-order valence-corrected chi connectivity index (χ4v) is 1.85. The van der Waals surface area contributed by atoms with Crippen molar-refractivity contribution >= 4 is 12.4 Å². The molecule has 2 fully saturated rings. The zero-order valence-corrected chi connectivity index (χ0v) is 7.14. The van der Waals surface area contributed by atoms with Gasteiger partial charge in [0.05, 0.1) is 12.7 Å². The summed E-state index contributed by atoms with van der Waals surface area (Å²) in [5.41, 5.74) is 0. The molecule has 0 unspecified atom stereocenters. The van der Waals surface area contributed by atoms with Gasteiger partial charge in [0.25, 0.3) is 0 Å². The molecule has 0 aromatic heterocycles. The van der Waals surface area contributed by atoms with E-state index in [1.807, 2.05) is 0 Å². The number of fused-ring (bicyclic) bond motifs is 1. The van der Waals surface area contributed by atoms with Crippen LogP contribution < -0.4 is 5.32 Å². The van der Waals surface area contributed by atoms with E-state index in [1.54, 1.807) is 0 Å². The molecule has 2 aliphatic heterocycles. The summed E-state index contributed by atoms with van der Waals surface area (Å²) in [6.45, 7) is 1.14. The molecule has 0 aromatic rings. The lowest BCUT2D eigenvalue weighted by atomic mass is 10.1. The monoisotopic (exact) mass is 179 g/mol. The van der Waals surface area contributed by atoms with E-state index in [2.05, 4.69) is 5.32 Å². The van der Waals surface area contributed by atoms with Crippen molar-refractivity contribution in [1.29, 1.82) is 0 Å². The quantitative estimate of drug-likeness (QED) is 0.592. The van der Waals surface area contributed by atoms with E-state index in [4.69, 9.17) is 9.84 Å². The maximum atomic E-state index is 8.80. The van der Waals surface area contributed by atoms with Gasteiger partial charge in [0, 0.05) is 18.7 Å². The SMILES string of the molecule is Cl.OC[C@@H]1C[C@@H]2OCC[C@@H]2N1. The Hall–Kier alpha value is 0.170. The number of halogens is 1. The van der Waals surface area contributed by atoms with Crippen LogP contribution in [-0.4, -0.2) is 36.5 Å². The maximum Gasteiger partial charge on any atom is 0.0744 e. The van der Waals surface area contributed by atoms with Crippen LogP contribution in [0.25, 0.3) is 0 Å². The van der Waals surface area contributed by atoms with E-state index in [0.717, 1.165) is 19.4 Å². The fourth-order valence-electron chi connectivity index (χ4n) is 1.85. The Bertz CT molecular complexity index is 122. The maximum absolute atomic E-state index is 8.80. The van der Waals surface area contributed by atoms with Gasteiger partial charge in [-0.3, -0.25) is 0 Å². The number of ether oxygens (including phenoxy) is 1. The third kappa shape index (κ3) is 1.67. The summed E-state index contributed by atoms with van der Waals surface area (Å²) < 4.78 is 5.44. The van der Waals surface area contributed by atoms with Gasteiger partial charge in [0.2, 0.25) is 0 Å². The highest BCUT2D eigenvalue weighted by molar-refractivity contribution is 5.85. The second kappa shape index (κ2) is 3.72. The molecule has 0 aliphatic carbocycles. The third-order valence-corrected chi connectivity index (χ3v) is 2.40. The molecule has 0 radical (unpaired) electrons. The first kappa shape index (κ1) is 9.26. The molecule has 2 N–H and O–H groups in total. The van der Waals surface area contributed by atoms with E-state index >= 15 is 0 Å². The third-order valence-electron chi connectivity index (χ3n) is 2.40. The first-order valence-electron chi connectivity index (χ1n) is 3.88. The number of aliphatic hydroxyl groups is 1. The molecule has 0 bridgehead atoms. The summed E-state index contributed by atoms with van der Waals surface area (Å²) >= 11 is 0. The average Bonchev–Trinajstić information content (AvgIpc) is 2.42. The molecule has 3 atom stereocenters. The molecule has 0 amide bonds. The normalized spacial score (nSPS) is 41.7. The minimum Gasteiger partial charge on any atom is -0.395 e. The molecule has 2 aliphatic rings. The van der Waals surface area contributed by atoms with Crippen molar-refractivity contribution in [1.82, 2.24) is 5.32 Å². The van der Waals surface area contributed by atoms with Crippen LogP contribution >= 0.6 is 12.4 Å². The lowest BCUT2D eigenvalue weighted by molar-refractivity contribution is 0.106. The molecule has 4 heteroatoms. The summed E-state index contributed by atoms with van der Waals surface area (Å²) in [7, 11) is 0. The van der Waals surface area contributed by atoms with Crippen molar-refractivity contribution < 1.29 is 9.84 Å². The van der Waals surface area contributed by atoms with Gasteiger partial charge in [0.15, 0.2) is 0 Å². The van der Waals surface area contributed by atoms with E-state index in [9.17, 15) is 0 Å². The van der Waals surface area contributed by atoms with Crippen molar-refractivity contribution in [2.45, 2.75) is 31.0 Å². The smallest absolute Gasteiger partial charge is 0.0744 e. The Morgan fingerprint density at radius 1 is 1.55 bits per heavy atom. The predicted molar refractivity (Wildman–Crippen MR) is 44.0 cm³/mol. The summed E-state index contributed by atoms with van der Waals surface area (Å²) in [5.74, 6) is 0. The van der Waals surface area contributed by atoms with Crippen LogP contribution in [0.3, 0.4) is 0 Å². The molecule has 2 saturated heterocycles. The lowest BCUT2D eigenvalue weighted by Gasteiger charge is -2.07. The van der Waals surface area contributed by atoms with E-state index < -0.39 is 0 Å². The average molecular weight is 180 g/mol. The van der Waals surface area contributed by atoms with Gasteiger partial charge in [-0.1, -0.05) is 0 Å². The van der Waals surface area contributed by atoms with Gasteiger partial charge in [0.1, 0.15) is 0 Å². The molecule has 66 valence electrons. The van der Waals surface area contributed by atoms with Crippen LogP contribution in [0.4, 0.5) is 0 Å². The molecule has 0 spiro atoms. The highest BCUT2D eigenvalue weighted by Crippen LogP contribution is 2.24. The zero-order chi connectivity index (χ0) is 6.97. The molecule has 0 saturated carbocycles. The molecule has 0 aromatic carbocycles. The second-order valence-electron chi connectivity index (χ2n) is 3.09. The zero-order valence-electron chi connectivity index (χ0n) is 6.32. The number of hydrogen-bond donors (Lipinski definition) is 2. The van der Waals surface area contributed by atoms with Crippen molar-refractivity contribution in [2.24, 2.45) is 0 Å². The van der Waals surface area contributed by atoms with Crippen molar-refractivity contribution in [3.05, 3.63) is 0 Å². The Balaban J connectivity index is 0.000000605. The minimum atomic E-state index is 0. The van der Waals surface area contributed by atoms with Gasteiger partial charge in [-0.05, 0) is 12.8 Å². The standard InChI is InChI=1S/C7H13NO2.ClH/c9-4-5-3-7-6(8-5)1-2-10-7;/h5-9H,1-4H2;1H/t5-,6-,7-;/m0./s1. The van der Waals surface area contributed by atoms with Crippen LogP contribution in [-0.2, 0) is 4.74 Å². The van der Waals surface area contributed by atoms with Crippen LogP contribution in [0.5, 0.6) is 0 Å². The van der Waals surface area contributed by atoms with Crippen molar-refractivity contribution in [2.75, 3.05) is 13.2 Å². The highest BCUT2D eigenvalue weighted by atomic mass is 35.5.